The van der Waals surface area contributed by atoms with Gasteiger partial charge in [0.25, 0.3) is 0 Å². The smallest absolute Gasteiger partial charge is 0.226 e. The zero-order chi connectivity index (χ0) is 20.7. The second-order valence-corrected chi connectivity index (χ2v) is 7.99. The van der Waals surface area contributed by atoms with Crippen LogP contribution in [-0.4, -0.2) is 37.9 Å². The minimum Gasteiger partial charge on any atom is -0.370 e. The first-order valence-corrected chi connectivity index (χ1v) is 10.2. The molecule has 5 rings (SSSR count). The molecule has 2 aromatic heterocycles. The van der Waals surface area contributed by atoms with Crippen molar-refractivity contribution in [2.24, 2.45) is 0 Å². The Morgan fingerprint density at radius 3 is 2.93 bits per heavy atom. The number of aliphatic hydroxyl groups excluding tert-OH is 1. The lowest BCUT2D eigenvalue weighted by molar-refractivity contribution is -0.120. The molecule has 1 unspecified atom stereocenters. The monoisotopic (exact) mass is 404 g/mol. The van der Waals surface area contributed by atoms with Gasteiger partial charge in [-0.2, -0.15) is 9.61 Å². The van der Waals surface area contributed by atoms with Gasteiger partial charge in [-0.15, -0.1) is 0 Å². The summed E-state index contributed by atoms with van der Waals surface area (Å²) in [6, 6.07) is 10.8. The number of aryl methyl sites for hydroxylation is 1. The van der Waals surface area contributed by atoms with E-state index in [1.807, 2.05) is 12.1 Å². The predicted molar refractivity (Wildman–Crippen MR) is 115 cm³/mol. The average Bonchev–Trinajstić information content (AvgIpc) is 3.35. The topological polar surface area (TPSA) is 104 Å². The van der Waals surface area contributed by atoms with E-state index in [1.165, 1.54) is 11.1 Å². The zero-order valence-corrected chi connectivity index (χ0v) is 16.7. The highest BCUT2D eigenvalue weighted by molar-refractivity contribution is 5.85. The Kier molecular flexibility index (Phi) is 4.63. The molecule has 1 saturated carbocycles. The lowest BCUT2D eigenvalue weighted by Gasteiger charge is -2.12. The summed E-state index contributed by atoms with van der Waals surface area (Å²) < 4.78 is 1.78. The van der Waals surface area contributed by atoms with Gasteiger partial charge < -0.3 is 21.1 Å². The molecule has 0 spiro atoms. The number of carbonyl (C=O) groups excluding carboxylic acids is 1. The molecule has 0 radical (unpaired) electrons. The molecule has 3 aromatic rings. The maximum Gasteiger partial charge on any atom is 0.226 e. The Balaban J connectivity index is 1.49. The number of rotatable bonds is 6. The quantitative estimate of drug-likeness (QED) is 0.503. The van der Waals surface area contributed by atoms with Crippen LogP contribution >= 0.6 is 0 Å². The van der Waals surface area contributed by atoms with Crippen LogP contribution in [0.5, 0.6) is 0 Å². The molecule has 8 nitrogen and oxygen atoms in total. The number of aliphatic hydroxyl groups is 1. The van der Waals surface area contributed by atoms with Gasteiger partial charge in [-0.05, 0) is 37.0 Å². The van der Waals surface area contributed by atoms with Crippen LogP contribution in [-0.2, 0) is 11.3 Å². The van der Waals surface area contributed by atoms with Gasteiger partial charge in [-0.25, -0.2) is 4.98 Å². The van der Waals surface area contributed by atoms with E-state index < -0.39 is 6.23 Å². The lowest BCUT2D eigenvalue weighted by Crippen LogP contribution is -2.25. The van der Waals surface area contributed by atoms with E-state index in [-0.39, 0.29) is 12.3 Å². The molecule has 30 heavy (non-hydrogen) atoms. The number of benzene rings is 1. The van der Waals surface area contributed by atoms with E-state index in [0.717, 1.165) is 30.0 Å². The van der Waals surface area contributed by atoms with Gasteiger partial charge in [0.2, 0.25) is 5.91 Å². The SMILES string of the molecule is Cc1cccc(CNc2cc(NC3CC3)n3ncc(C=C4CC(=O)NC4O)c3n2)c1. The molecular weight excluding hydrogens is 380 g/mol. The first kappa shape index (κ1) is 18.6. The number of hydrogen-bond donors (Lipinski definition) is 4. The average molecular weight is 404 g/mol. The first-order valence-electron chi connectivity index (χ1n) is 10.2. The van der Waals surface area contributed by atoms with E-state index in [0.29, 0.717) is 23.8 Å². The highest BCUT2D eigenvalue weighted by Gasteiger charge is 2.25. The Hall–Kier alpha value is -3.39. The van der Waals surface area contributed by atoms with Gasteiger partial charge in [0, 0.05) is 24.2 Å². The van der Waals surface area contributed by atoms with Gasteiger partial charge in [0.05, 0.1) is 12.6 Å². The van der Waals surface area contributed by atoms with Gasteiger partial charge in [-0.1, -0.05) is 29.8 Å². The molecule has 154 valence electrons. The Labute approximate surface area is 174 Å². The molecule has 1 aliphatic heterocycles. The second-order valence-electron chi connectivity index (χ2n) is 7.99. The van der Waals surface area contributed by atoms with Crippen molar-refractivity contribution in [3.8, 4) is 0 Å². The molecule has 2 aliphatic rings. The third kappa shape index (κ3) is 3.86. The van der Waals surface area contributed by atoms with E-state index >= 15 is 0 Å². The molecule has 1 atom stereocenters. The highest BCUT2D eigenvalue weighted by atomic mass is 16.3. The van der Waals surface area contributed by atoms with Crippen LogP contribution in [0.15, 0.2) is 42.1 Å². The van der Waals surface area contributed by atoms with Crippen LogP contribution in [0.4, 0.5) is 11.6 Å². The van der Waals surface area contributed by atoms with Crippen LogP contribution in [0.2, 0.25) is 0 Å². The summed E-state index contributed by atoms with van der Waals surface area (Å²) in [7, 11) is 0. The van der Waals surface area contributed by atoms with Crippen molar-refractivity contribution in [2.75, 3.05) is 10.6 Å². The molecular formula is C22H24N6O2. The van der Waals surface area contributed by atoms with Crippen LogP contribution < -0.4 is 16.0 Å². The van der Waals surface area contributed by atoms with Gasteiger partial charge in [0.15, 0.2) is 5.65 Å². The van der Waals surface area contributed by atoms with E-state index in [1.54, 1.807) is 16.8 Å². The maximum absolute atomic E-state index is 11.6. The number of nitrogens with zero attached hydrogens (tertiary/aromatic N) is 3. The van der Waals surface area contributed by atoms with Crippen LogP contribution in [0, 0.1) is 6.92 Å². The summed E-state index contributed by atoms with van der Waals surface area (Å²) in [5.41, 5.74) is 4.45. The van der Waals surface area contributed by atoms with E-state index in [4.69, 9.17) is 4.98 Å². The number of amides is 1. The number of fused-ring (bicyclic) bond motifs is 1. The number of anilines is 2. The van der Waals surface area contributed by atoms with Crippen molar-refractivity contribution in [1.29, 1.82) is 0 Å². The zero-order valence-electron chi connectivity index (χ0n) is 16.7. The second kappa shape index (κ2) is 7.46. The van der Waals surface area contributed by atoms with Crippen LogP contribution in [0.1, 0.15) is 36.0 Å². The summed E-state index contributed by atoms with van der Waals surface area (Å²) in [5.74, 6) is 1.43. The summed E-state index contributed by atoms with van der Waals surface area (Å²) in [6.45, 7) is 2.74. The number of nitrogens with one attached hydrogen (secondary N) is 3. The van der Waals surface area contributed by atoms with Crippen LogP contribution in [0.3, 0.4) is 0 Å². The predicted octanol–water partition coefficient (Wildman–Crippen LogP) is 2.45. The first-order chi connectivity index (χ1) is 14.5. The highest BCUT2D eigenvalue weighted by Crippen LogP contribution is 2.28. The van der Waals surface area contributed by atoms with E-state index in [9.17, 15) is 9.90 Å². The summed E-state index contributed by atoms with van der Waals surface area (Å²) in [6.07, 6.45) is 5.02. The fourth-order valence-electron chi connectivity index (χ4n) is 3.63. The summed E-state index contributed by atoms with van der Waals surface area (Å²) in [4.78, 5) is 16.3. The minimum atomic E-state index is -0.959. The minimum absolute atomic E-state index is 0.178. The Morgan fingerprint density at radius 2 is 2.20 bits per heavy atom. The van der Waals surface area contributed by atoms with Crippen molar-refractivity contribution in [1.82, 2.24) is 19.9 Å². The number of hydrogen-bond acceptors (Lipinski definition) is 6. The van der Waals surface area contributed by atoms with Crippen LogP contribution in [0.25, 0.3) is 11.7 Å². The van der Waals surface area contributed by atoms with Crippen molar-refractivity contribution in [2.45, 2.75) is 45.0 Å². The Morgan fingerprint density at radius 1 is 1.33 bits per heavy atom. The molecule has 1 amide bonds. The van der Waals surface area contributed by atoms with Gasteiger partial charge >= 0.3 is 0 Å². The lowest BCUT2D eigenvalue weighted by atomic mass is 10.1. The molecule has 8 heteroatoms. The Bertz CT molecular complexity index is 1150. The standard InChI is InChI=1S/C22H24N6O2/c1-13-3-2-4-14(7-13)11-23-18-10-19(25-17-5-6-17)28-21(26-18)16(12-24-28)8-15-9-20(29)27-22(15)30/h2-4,7-8,10,12,17,22,25,30H,5-6,9,11H2,1H3,(H,23,26)(H,27,29). The largest absolute Gasteiger partial charge is 0.370 e. The van der Waals surface area contributed by atoms with E-state index in [2.05, 4.69) is 46.2 Å². The number of aromatic nitrogens is 3. The molecule has 3 heterocycles. The normalized spacial score (nSPS) is 20.0. The third-order valence-corrected chi connectivity index (χ3v) is 5.34. The number of carbonyl (C=O) groups is 1. The van der Waals surface area contributed by atoms with Gasteiger partial charge in [0.1, 0.15) is 17.9 Å². The third-order valence-electron chi connectivity index (χ3n) is 5.34. The molecule has 2 fully saturated rings. The molecule has 1 aliphatic carbocycles. The van der Waals surface area contributed by atoms with Gasteiger partial charge in [-0.3, -0.25) is 4.79 Å². The molecule has 4 N–H and O–H groups in total. The summed E-state index contributed by atoms with van der Waals surface area (Å²) >= 11 is 0. The molecule has 1 aromatic carbocycles. The van der Waals surface area contributed by atoms with Crippen molar-refractivity contribution in [3.05, 3.63) is 58.8 Å². The fourth-order valence-corrected chi connectivity index (χ4v) is 3.63. The molecule has 0 bridgehead atoms. The fraction of sp³-hybridized carbons (Fsp3) is 0.318. The van der Waals surface area contributed by atoms with Crippen molar-refractivity contribution in [3.63, 3.8) is 0 Å². The van der Waals surface area contributed by atoms with Crippen molar-refractivity contribution < 1.29 is 9.90 Å². The van der Waals surface area contributed by atoms with Crippen molar-refractivity contribution >= 4 is 29.3 Å². The molecule has 1 saturated heterocycles. The summed E-state index contributed by atoms with van der Waals surface area (Å²) in [5, 5.41) is 23.9. The maximum atomic E-state index is 11.6.